The van der Waals surface area contributed by atoms with E-state index in [1.807, 2.05) is 12.3 Å². The Labute approximate surface area is 130 Å². The molecule has 0 atom stereocenters. The number of alkyl halides is 1. The van der Waals surface area contributed by atoms with E-state index in [0.717, 1.165) is 16.8 Å². The maximum atomic E-state index is 12.2. The number of pyridine rings is 1. The van der Waals surface area contributed by atoms with Crippen molar-refractivity contribution in [1.82, 2.24) is 9.55 Å². The van der Waals surface area contributed by atoms with E-state index in [-0.39, 0.29) is 5.56 Å². The van der Waals surface area contributed by atoms with E-state index in [1.165, 1.54) is 11.3 Å². The van der Waals surface area contributed by atoms with Crippen LogP contribution in [0.25, 0.3) is 16.9 Å². The molecule has 2 heterocycles. The molecule has 112 valence electrons. The molecule has 3 rings (SSSR count). The second-order valence-corrected chi connectivity index (χ2v) is 5.42. The van der Waals surface area contributed by atoms with Gasteiger partial charge in [-0.1, -0.05) is 0 Å². The van der Waals surface area contributed by atoms with E-state index in [1.54, 1.807) is 46.6 Å². The molecule has 0 aliphatic rings. The van der Waals surface area contributed by atoms with Gasteiger partial charge < -0.3 is 4.74 Å². The van der Waals surface area contributed by atoms with Crippen LogP contribution in [0.5, 0.6) is 5.75 Å². The van der Waals surface area contributed by atoms with Crippen molar-refractivity contribution in [2.75, 3.05) is 6.86 Å². The fraction of sp³-hybridized carbons (Fsp3) is 0.125. The van der Waals surface area contributed by atoms with Crippen molar-refractivity contribution in [2.45, 2.75) is 6.92 Å². The Hall–Kier alpha value is -2.47. The average Bonchev–Trinajstić information content (AvgIpc) is 3.03. The molecule has 0 saturated heterocycles. The molecule has 22 heavy (non-hydrogen) atoms. The number of halogens is 1. The van der Waals surface area contributed by atoms with E-state index in [2.05, 4.69) is 4.98 Å². The zero-order valence-electron chi connectivity index (χ0n) is 11.8. The van der Waals surface area contributed by atoms with Crippen LogP contribution in [0.15, 0.2) is 52.2 Å². The predicted octanol–water partition coefficient (Wildman–Crippen LogP) is 3.58. The number of nitrogens with zero attached hydrogens (tertiary/aromatic N) is 2. The largest absolute Gasteiger partial charge is 0.463 e. The van der Waals surface area contributed by atoms with Crippen LogP contribution in [0.4, 0.5) is 4.39 Å². The van der Waals surface area contributed by atoms with Crippen LogP contribution in [-0.2, 0) is 0 Å². The van der Waals surface area contributed by atoms with Gasteiger partial charge in [-0.25, -0.2) is 9.37 Å². The summed E-state index contributed by atoms with van der Waals surface area (Å²) in [7, 11) is 0. The summed E-state index contributed by atoms with van der Waals surface area (Å²) in [4.78, 5) is 16.5. The topological polar surface area (TPSA) is 44.1 Å². The molecule has 0 spiro atoms. The zero-order chi connectivity index (χ0) is 15.5. The molecule has 0 bridgehead atoms. The van der Waals surface area contributed by atoms with Crippen LogP contribution in [0, 0.1) is 6.92 Å². The van der Waals surface area contributed by atoms with E-state index in [9.17, 15) is 9.18 Å². The first-order valence-corrected chi connectivity index (χ1v) is 7.54. The van der Waals surface area contributed by atoms with Crippen molar-refractivity contribution in [3.63, 3.8) is 0 Å². The summed E-state index contributed by atoms with van der Waals surface area (Å²) in [5.74, 6) is 0.422. The maximum Gasteiger partial charge on any atom is 0.255 e. The van der Waals surface area contributed by atoms with Crippen LogP contribution in [0.1, 0.15) is 5.56 Å². The molecule has 6 heteroatoms. The summed E-state index contributed by atoms with van der Waals surface area (Å²) in [6, 6.07) is 8.27. The lowest BCUT2D eigenvalue weighted by Gasteiger charge is -2.10. The van der Waals surface area contributed by atoms with Gasteiger partial charge in [0, 0.05) is 28.9 Å². The smallest absolute Gasteiger partial charge is 0.255 e. The second-order valence-electron chi connectivity index (χ2n) is 4.70. The molecule has 0 aliphatic heterocycles. The molecule has 4 nitrogen and oxygen atoms in total. The van der Waals surface area contributed by atoms with Crippen LogP contribution < -0.4 is 10.3 Å². The molecule has 3 aromatic rings. The molecular formula is C16H13FN2O2S. The van der Waals surface area contributed by atoms with Crippen molar-refractivity contribution in [1.29, 1.82) is 0 Å². The summed E-state index contributed by atoms with van der Waals surface area (Å²) in [6.07, 6.45) is 1.78. The minimum absolute atomic E-state index is 0.129. The summed E-state index contributed by atoms with van der Waals surface area (Å²) >= 11 is 1.51. The highest BCUT2D eigenvalue weighted by Gasteiger charge is 2.09. The number of thiazole rings is 1. The molecule has 0 N–H and O–H groups in total. The normalized spacial score (nSPS) is 10.6. The Morgan fingerprint density at radius 3 is 2.73 bits per heavy atom. The number of hydrogen-bond acceptors (Lipinski definition) is 4. The molecule has 0 amide bonds. The average molecular weight is 316 g/mol. The van der Waals surface area contributed by atoms with Crippen LogP contribution >= 0.6 is 11.3 Å². The summed E-state index contributed by atoms with van der Waals surface area (Å²) in [6.45, 7) is 1.01. The van der Waals surface area contributed by atoms with Gasteiger partial charge in [0.15, 0.2) is 0 Å². The quantitative estimate of drug-likeness (QED) is 0.739. The molecule has 1 aromatic carbocycles. The van der Waals surface area contributed by atoms with Gasteiger partial charge >= 0.3 is 0 Å². The third kappa shape index (κ3) is 2.78. The Balaban J connectivity index is 2.07. The second kappa shape index (κ2) is 6.11. The fourth-order valence-corrected chi connectivity index (χ4v) is 2.76. The van der Waals surface area contributed by atoms with Crippen LogP contribution in [0.2, 0.25) is 0 Å². The summed E-state index contributed by atoms with van der Waals surface area (Å²) < 4.78 is 18.4. The predicted molar refractivity (Wildman–Crippen MR) is 84.5 cm³/mol. The number of aryl methyl sites for hydroxylation is 1. The van der Waals surface area contributed by atoms with Crippen molar-refractivity contribution in [3.8, 4) is 22.7 Å². The fourth-order valence-electron chi connectivity index (χ4n) is 2.21. The first kappa shape index (κ1) is 14.5. The third-order valence-electron chi connectivity index (χ3n) is 3.30. The Morgan fingerprint density at radius 1 is 1.32 bits per heavy atom. The van der Waals surface area contributed by atoms with Crippen molar-refractivity contribution in [3.05, 3.63) is 63.3 Å². The van der Waals surface area contributed by atoms with E-state index >= 15 is 0 Å². The maximum absolute atomic E-state index is 12.2. The molecule has 0 saturated carbocycles. The Kier molecular flexibility index (Phi) is 4.02. The number of ether oxygens (including phenoxy) is 1. The Bertz CT molecular complexity index is 826. The SMILES string of the molecule is Cc1cc(=O)n(-c2ccc(OCF)cc2)cc1-c1cscn1. The Morgan fingerprint density at radius 2 is 2.09 bits per heavy atom. The van der Waals surface area contributed by atoms with Crippen molar-refractivity contribution >= 4 is 11.3 Å². The minimum atomic E-state index is -0.877. The van der Waals surface area contributed by atoms with E-state index in [4.69, 9.17) is 4.74 Å². The molecule has 2 aromatic heterocycles. The van der Waals surface area contributed by atoms with Gasteiger partial charge in [-0.2, -0.15) is 0 Å². The summed E-state index contributed by atoms with van der Waals surface area (Å²) in [5.41, 5.74) is 4.94. The number of benzene rings is 1. The zero-order valence-corrected chi connectivity index (χ0v) is 12.6. The van der Waals surface area contributed by atoms with Crippen molar-refractivity contribution in [2.24, 2.45) is 0 Å². The highest BCUT2D eigenvalue weighted by Crippen LogP contribution is 2.23. The molecule has 0 unspecified atom stereocenters. The number of rotatable bonds is 4. The number of aromatic nitrogens is 2. The van der Waals surface area contributed by atoms with Gasteiger partial charge in [0.05, 0.1) is 11.2 Å². The lowest BCUT2D eigenvalue weighted by atomic mass is 10.1. The molecular weight excluding hydrogens is 303 g/mol. The lowest BCUT2D eigenvalue weighted by Crippen LogP contribution is -2.17. The van der Waals surface area contributed by atoms with Crippen LogP contribution in [-0.4, -0.2) is 16.4 Å². The monoisotopic (exact) mass is 316 g/mol. The van der Waals surface area contributed by atoms with E-state index in [0.29, 0.717) is 11.4 Å². The van der Waals surface area contributed by atoms with Gasteiger partial charge in [-0.15, -0.1) is 11.3 Å². The highest BCUT2D eigenvalue weighted by atomic mass is 32.1. The first-order valence-electron chi connectivity index (χ1n) is 6.60. The first-order chi connectivity index (χ1) is 10.7. The minimum Gasteiger partial charge on any atom is -0.463 e. The highest BCUT2D eigenvalue weighted by molar-refractivity contribution is 7.07. The summed E-state index contributed by atoms with van der Waals surface area (Å²) in [5, 5.41) is 1.94. The lowest BCUT2D eigenvalue weighted by molar-refractivity contribution is 0.192. The third-order valence-corrected chi connectivity index (χ3v) is 3.89. The molecule has 0 fully saturated rings. The van der Waals surface area contributed by atoms with Gasteiger partial charge in [0.2, 0.25) is 6.86 Å². The van der Waals surface area contributed by atoms with Gasteiger partial charge in [0.1, 0.15) is 5.75 Å². The van der Waals surface area contributed by atoms with Gasteiger partial charge in [0.25, 0.3) is 5.56 Å². The number of hydrogen-bond donors (Lipinski definition) is 0. The van der Waals surface area contributed by atoms with E-state index < -0.39 is 6.86 Å². The van der Waals surface area contributed by atoms with Crippen molar-refractivity contribution < 1.29 is 9.13 Å². The van der Waals surface area contributed by atoms with Gasteiger partial charge in [-0.3, -0.25) is 9.36 Å². The molecule has 0 radical (unpaired) electrons. The molecule has 0 aliphatic carbocycles. The van der Waals surface area contributed by atoms with Crippen LogP contribution in [0.3, 0.4) is 0 Å². The standard InChI is InChI=1S/C16H13FN2O2S/c1-11-6-16(20)19(7-14(11)15-8-22-10-18-15)12-2-4-13(5-3-12)21-9-17/h2-8,10H,9H2,1H3. The van der Waals surface area contributed by atoms with Gasteiger partial charge in [-0.05, 0) is 36.8 Å².